The number of fused-ring (bicyclic) bond motifs is 1. The van der Waals surface area contributed by atoms with Crippen molar-refractivity contribution in [3.05, 3.63) is 53.8 Å². The summed E-state index contributed by atoms with van der Waals surface area (Å²) in [7, 11) is 0. The predicted octanol–water partition coefficient (Wildman–Crippen LogP) is 4.37. The van der Waals surface area contributed by atoms with E-state index >= 15 is 0 Å². The first-order valence-electron chi connectivity index (χ1n) is 8.13. The van der Waals surface area contributed by atoms with Crippen LogP contribution in [0.4, 0.5) is 15.8 Å². The van der Waals surface area contributed by atoms with Gasteiger partial charge in [0.2, 0.25) is 0 Å². The molecule has 0 atom stereocenters. The van der Waals surface area contributed by atoms with Gasteiger partial charge in [-0.15, -0.1) is 0 Å². The minimum atomic E-state index is -0.228. The molecular formula is C19H23FN2O. The van der Waals surface area contributed by atoms with Crippen molar-refractivity contribution >= 4 is 11.4 Å². The van der Waals surface area contributed by atoms with E-state index in [1.54, 1.807) is 12.1 Å². The first-order valence-corrected chi connectivity index (χ1v) is 8.13. The molecule has 0 spiro atoms. The lowest BCUT2D eigenvalue weighted by molar-refractivity contribution is 0.0571. The molecule has 4 heteroatoms. The molecule has 0 saturated carbocycles. The Balaban J connectivity index is 1.98. The van der Waals surface area contributed by atoms with Gasteiger partial charge in [-0.2, -0.15) is 0 Å². The molecule has 122 valence electrons. The summed E-state index contributed by atoms with van der Waals surface area (Å²) < 4.78 is 19.8. The third-order valence-electron chi connectivity index (χ3n) is 4.68. The van der Waals surface area contributed by atoms with Crippen LogP contribution in [0.3, 0.4) is 0 Å². The molecule has 0 unspecified atom stereocenters. The maximum atomic E-state index is 13.5. The van der Waals surface area contributed by atoms with Crippen molar-refractivity contribution < 1.29 is 9.13 Å². The molecule has 0 aliphatic carbocycles. The highest BCUT2D eigenvalue weighted by Gasteiger charge is 2.37. The number of nitrogens with zero attached hydrogens (tertiary/aromatic N) is 1. The highest BCUT2D eigenvalue weighted by atomic mass is 19.1. The second kappa shape index (κ2) is 6.11. The first-order chi connectivity index (χ1) is 11.0. The van der Waals surface area contributed by atoms with Gasteiger partial charge in [0.15, 0.2) is 0 Å². The van der Waals surface area contributed by atoms with E-state index in [9.17, 15) is 4.39 Å². The fourth-order valence-electron chi connectivity index (χ4n) is 3.19. The van der Waals surface area contributed by atoms with Gasteiger partial charge in [-0.1, -0.05) is 26.0 Å². The lowest BCUT2D eigenvalue weighted by Gasteiger charge is -2.44. The van der Waals surface area contributed by atoms with Gasteiger partial charge in [-0.05, 0) is 42.7 Å². The number of hydrogen-bond donors (Lipinski definition) is 1. The van der Waals surface area contributed by atoms with Crippen molar-refractivity contribution in [2.45, 2.75) is 38.8 Å². The smallest absolute Gasteiger partial charge is 0.145 e. The number of nitrogens with two attached hydrogens (primary N) is 1. The van der Waals surface area contributed by atoms with E-state index in [0.717, 1.165) is 36.4 Å². The van der Waals surface area contributed by atoms with Crippen LogP contribution in [0.1, 0.15) is 32.3 Å². The van der Waals surface area contributed by atoms with E-state index in [1.807, 2.05) is 24.3 Å². The Morgan fingerprint density at radius 2 is 1.96 bits per heavy atom. The molecule has 3 nitrogen and oxygen atoms in total. The van der Waals surface area contributed by atoms with Gasteiger partial charge in [0.05, 0.1) is 12.2 Å². The molecule has 0 fully saturated rings. The summed E-state index contributed by atoms with van der Waals surface area (Å²) in [6.07, 6.45) is 1.83. The lowest BCUT2D eigenvalue weighted by Crippen LogP contribution is -2.50. The molecule has 0 saturated heterocycles. The average Bonchev–Trinajstić information content (AvgIpc) is 2.54. The SMILES string of the molecule is CCC1(CC)CN(Cc2cccc(F)c2)c2ccc(N)cc2O1. The predicted molar refractivity (Wildman–Crippen MR) is 92.2 cm³/mol. The molecule has 0 bridgehead atoms. The number of halogens is 1. The normalized spacial score (nSPS) is 15.9. The van der Waals surface area contributed by atoms with E-state index in [0.29, 0.717) is 12.2 Å². The fourth-order valence-corrected chi connectivity index (χ4v) is 3.19. The Bertz CT molecular complexity index is 698. The number of anilines is 2. The van der Waals surface area contributed by atoms with Crippen LogP contribution in [-0.2, 0) is 6.54 Å². The largest absolute Gasteiger partial charge is 0.483 e. The highest BCUT2D eigenvalue weighted by Crippen LogP contribution is 2.41. The average molecular weight is 314 g/mol. The van der Waals surface area contributed by atoms with E-state index in [4.69, 9.17) is 10.5 Å². The third-order valence-corrected chi connectivity index (χ3v) is 4.68. The monoisotopic (exact) mass is 314 g/mol. The molecule has 1 heterocycles. The van der Waals surface area contributed by atoms with Crippen LogP contribution < -0.4 is 15.4 Å². The van der Waals surface area contributed by atoms with Crippen molar-refractivity contribution in [2.24, 2.45) is 0 Å². The molecule has 23 heavy (non-hydrogen) atoms. The molecule has 0 aromatic heterocycles. The van der Waals surface area contributed by atoms with E-state index < -0.39 is 0 Å². The Labute approximate surface area is 136 Å². The summed E-state index contributed by atoms with van der Waals surface area (Å²) in [5, 5.41) is 0. The lowest BCUT2D eigenvalue weighted by atomic mass is 9.93. The Morgan fingerprint density at radius 3 is 2.65 bits per heavy atom. The number of nitrogen functional groups attached to an aromatic ring is 1. The van der Waals surface area contributed by atoms with Gasteiger partial charge in [0.25, 0.3) is 0 Å². The molecule has 1 aliphatic rings. The topological polar surface area (TPSA) is 38.5 Å². The van der Waals surface area contributed by atoms with E-state index in [-0.39, 0.29) is 11.4 Å². The maximum absolute atomic E-state index is 13.5. The zero-order valence-corrected chi connectivity index (χ0v) is 13.7. The molecule has 0 radical (unpaired) electrons. The maximum Gasteiger partial charge on any atom is 0.145 e. The highest BCUT2D eigenvalue weighted by molar-refractivity contribution is 5.66. The van der Waals surface area contributed by atoms with Gasteiger partial charge >= 0.3 is 0 Å². The van der Waals surface area contributed by atoms with Gasteiger partial charge in [-0.25, -0.2) is 4.39 Å². The van der Waals surface area contributed by atoms with Crippen LogP contribution in [0.15, 0.2) is 42.5 Å². The molecular weight excluding hydrogens is 291 g/mol. The van der Waals surface area contributed by atoms with Gasteiger partial charge in [-0.3, -0.25) is 0 Å². The van der Waals surface area contributed by atoms with Crippen LogP contribution in [0.2, 0.25) is 0 Å². The number of ether oxygens (including phenoxy) is 1. The van der Waals surface area contributed by atoms with E-state index in [2.05, 4.69) is 18.7 Å². The second-order valence-corrected chi connectivity index (χ2v) is 6.21. The Kier molecular flexibility index (Phi) is 4.16. The third kappa shape index (κ3) is 3.11. The standard InChI is InChI=1S/C19H23FN2O/c1-3-19(4-2)13-22(12-14-6-5-7-15(20)10-14)17-9-8-16(21)11-18(17)23-19/h5-11H,3-4,12-13,21H2,1-2H3. The summed E-state index contributed by atoms with van der Waals surface area (Å²) in [4.78, 5) is 2.26. The summed E-state index contributed by atoms with van der Waals surface area (Å²) in [5.41, 5.74) is 8.36. The van der Waals surface area contributed by atoms with Crippen molar-refractivity contribution in [3.8, 4) is 5.75 Å². The molecule has 3 rings (SSSR count). The fraction of sp³-hybridized carbons (Fsp3) is 0.368. The van der Waals surface area contributed by atoms with Crippen LogP contribution in [0, 0.1) is 5.82 Å². The van der Waals surface area contributed by atoms with Crippen LogP contribution in [-0.4, -0.2) is 12.1 Å². The summed E-state index contributed by atoms with van der Waals surface area (Å²) >= 11 is 0. The van der Waals surface area contributed by atoms with Crippen LogP contribution in [0.25, 0.3) is 0 Å². The zero-order valence-electron chi connectivity index (χ0n) is 13.7. The zero-order chi connectivity index (χ0) is 16.4. The summed E-state index contributed by atoms with van der Waals surface area (Å²) in [6.45, 7) is 5.72. The van der Waals surface area contributed by atoms with Crippen molar-refractivity contribution in [1.29, 1.82) is 0 Å². The minimum absolute atomic E-state index is 0.203. The van der Waals surface area contributed by atoms with Crippen LogP contribution >= 0.6 is 0 Å². The number of benzene rings is 2. The second-order valence-electron chi connectivity index (χ2n) is 6.21. The molecule has 2 aromatic rings. The minimum Gasteiger partial charge on any atom is -0.483 e. The molecule has 2 N–H and O–H groups in total. The first kappa shape index (κ1) is 15.7. The van der Waals surface area contributed by atoms with Crippen molar-refractivity contribution in [3.63, 3.8) is 0 Å². The van der Waals surface area contributed by atoms with Crippen molar-refractivity contribution in [1.82, 2.24) is 0 Å². The molecule has 0 amide bonds. The van der Waals surface area contributed by atoms with Gasteiger partial charge in [0.1, 0.15) is 17.2 Å². The molecule has 1 aliphatic heterocycles. The number of rotatable bonds is 4. The Morgan fingerprint density at radius 1 is 1.17 bits per heavy atom. The summed E-state index contributed by atoms with van der Waals surface area (Å²) in [5.74, 6) is 0.613. The quantitative estimate of drug-likeness (QED) is 0.852. The Hall–Kier alpha value is -2.23. The van der Waals surface area contributed by atoms with E-state index in [1.165, 1.54) is 6.07 Å². The molecule has 2 aromatic carbocycles. The van der Waals surface area contributed by atoms with Crippen molar-refractivity contribution in [2.75, 3.05) is 17.2 Å². The summed E-state index contributed by atoms with van der Waals surface area (Å²) in [6, 6.07) is 12.5. The van der Waals surface area contributed by atoms with Crippen LogP contribution in [0.5, 0.6) is 5.75 Å². The number of hydrogen-bond acceptors (Lipinski definition) is 3. The van der Waals surface area contributed by atoms with Gasteiger partial charge in [0, 0.05) is 18.3 Å². The van der Waals surface area contributed by atoms with Gasteiger partial charge < -0.3 is 15.4 Å².